The zero-order valence-electron chi connectivity index (χ0n) is 27.9. The zero-order valence-corrected chi connectivity index (χ0v) is 28.7. The molecule has 0 saturated carbocycles. The molecule has 1 nitrogen and oxygen atoms in total. The van der Waals surface area contributed by atoms with Gasteiger partial charge in [0.15, 0.2) is 0 Å². The van der Waals surface area contributed by atoms with Crippen LogP contribution in [-0.4, -0.2) is 20.1 Å². The number of nitrogens with one attached hydrogen (secondary N) is 1. The van der Waals surface area contributed by atoms with Gasteiger partial charge < -0.3 is 17.3 Å². The number of rotatable bonds is 34. The van der Waals surface area contributed by atoms with Crippen LogP contribution in [0.25, 0.3) is 0 Å². The van der Waals surface area contributed by atoms with E-state index in [1.165, 1.54) is 219 Å². The molecule has 0 saturated heterocycles. The van der Waals surface area contributed by atoms with Crippen molar-refractivity contribution in [2.24, 2.45) is 0 Å². The van der Waals surface area contributed by atoms with Crippen LogP contribution in [0, 0.1) is 0 Å². The van der Waals surface area contributed by atoms with E-state index >= 15 is 0 Å². The van der Waals surface area contributed by atoms with Gasteiger partial charge in [0.2, 0.25) is 0 Å². The topological polar surface area (TPSA) is 4.44 Å². The standard InChI is InChI=1S/C37H77N.ClH/c1-4-6-8-10-12-14-16-18-20-22-24-26-28-30-32-34-36-38(3)37-35-33-31-29-27-25-23-21-19-17-15-13-11-9-7-5-2;/h4-37H2,1-3H3;1H. The predicted octanol–water partition coefficient (Wildman–Crippen LogP) is 9.03. The van der Waals surface area contributed by atoms with Crippen LogP contribution in [0.15, 0.2) is 0 Å². The maximum absolute atomic E-state index is 2.43. The maximum Gasteiger partial charge on any atom is 0.0768 e. The summed E-state index contributed by atoms with van der Waals surface area (Å²) >= 11 is 0. The van der Waals surface area contributed by atoms with Gasteiger partial charge in [-0.05, 0) is 25.7 Å². The van der Waals surface area contributed by atoms with Gasteiger partial charge in [-0.15, -0.1) is 0 Å². The summed E-state index contributed by atoms with van der Waals surface area (Å²) in [7, 11) is 2.43. The molecule has 0 aliphatic heterocycles. The van der Waals surface area contributed by atoms with Gasteiger partial charge in [0.25, 0.3) is 0 Å². The van der Waals surface area contributed by atoms with E-state index in [1.807, 2.05) is 0 Å². The van der Waals surface area contributed by atoms with Crippen molar-refractivity contribution in [2.45, 2.75) is 219 Å². The molecule has 1 N–H and O–H groups in total. The molecule has 0 rings (SSSR count). The van der Waals surface area contributed by atoms with Gasteiger partial charge in [-0.2, -0.15) is 0 Å². The highest BCUT2D eigenvalue weighted by atomic mass is 35.5. The van der Waals surface area contributed by atoms with Crippen molar-refractivity contribution in [3.63, 3.8) is 0 Å². The Morgan fingerprint density at radius 1 is 0.256 bits per heavy atom. The van der Waals surface area contributed by atoms with Gasteiger partial charge in [-0.25, -0.2) is 0 Å². The van der Waals surface area contributed by atoms with Gasteiger partial charge in [0, 0.05) is 0 Å². The molecule has 0 radical (unpaired) electrons. The average Bonchev–Trinajstić information content (AvgIpc) is 2.92. The first-order valence-electron chi connectivity index (χ1n) is 18.6. The van der Waals surface area contributed by atoms with Gasteiger partial charge in [0.05, 0.1) is 20.1 Å². The minimum Gasteiger partial charge on any atom is -1.00 e. The highest BCUT2D eigenvalue weighted by Crippen LogP contribution is 2.15. The van der Waals surface area contributed by atoms with Crippen molar-refractivity contribution in [1.82, 2.24) is 0 Å². The molecule has 0 aliphatic carbocycles. The van der Waals surface area contributed by atoms with Gasteiger partial charge >= 0.3 is 0 Å². The SMILES string of the molecule is CCCCCCCCCCCCCCCCCC[NH+](C)CCCCCCCCCCCCCCCCCC.[Cl-]. The van der Waals surface area contributed by atoms with Gasteiger partial charge in [-0.1, -0.05) is 194 Å². The lowest BCUT2D eigenvalue weighted by Gasteiger charge is -2.13. The number of quaternary nitrogens is 1. The molecule has 0 heterocycles. The molecule has 0 aromatic heterocycles. The van der Waals surface area contributed by atoms with E-state index in [4.69, 9.17) is 0 Å². The van der Waals surface area contributed by atoms with Crippen LogP contribution in [0.1, 0.15) is 219 Å². The number of halogens is 1. The highest BCUT2D eigenvalue weighted by molar-refractivity contribution is 4.51. The van der Waals surface area contributed by atoms with Crippen LogP contribution >= 0.6 is 0 Å². The molecule has 0 unspecified atom stereocenters. The Morgan fingerprint density at radius 2 is 0.410 bits per heavy atom. The molecule has 0 atom stereocenters. The lowest BCUT2D eigenvalue weighted by molar-refractivity contribution is -0.880. The molecule has 0 fully saturated rings. The molecule has 0 aromatic rings. The van der Waals surface area contributed by atoms with E-state index in [0.29, 0.717) is 0 Å². The third kappa shape index (κ3) is 38.2. The fraction of sp³-hybridized carbons (Fsp3) is 1.00. The zero-order chi connectivity index (χ0) is 27.6. The minimum absolute atomic E-state index is 0. The lowest BCUT2D eigenvalue weighted by Crippen LogP contribution is -3.09. The Hall–Kier alpha value is 0.250. The van der Waals surface area contributed by atoms with Crippen LogP contribution in [0.4, 0.5) is 0 Å². The normalized spacial score (nSPS) is 11.4. The fourth-order valence-electron chi connectivity index (χ4n) is 6.07. The van der Waals surface area contributed by atoms with E-state index in [9.17, 15) is 0 Å². The quantitative estimate of drug-likeness (QED) is 0.0734. The fourth-order valence-corrected chi connectivity index (χ4v) is 6.07. The van der Waals surface area contributed by atoms with Gasteiger partial charge in [-0.3, -0.25) is 0 Å². The summed E-state index contributed by atoms with van der Waals surface area (Å²) in [6, 6.07) is 0. The van der Waals surface area contributed by atoms with E-state index < -0.39 is 0 Å². The molecule has 0 spiro atoms. The van der Waals surface area contributed by atoms with Crippen LogP contribution in [-0.2, 0) is 0 Å². The molecule has 0 aromatic carbocycles. The van der Waals surface area contributed by atoms with E-state index in [2.05, 4.69) is 20.9 Å². The van der Waals surface area contributed by atoms with Crippen molar-refractivity contribution in [3.8, 4) is 0 Å². The Bertz CT molecular complexity index is 363. The lowest BCUT2D eigenvalue weighted by atomic mass is 10.0. The third-order valence-electron chi connectivity index (χ3n) is 8.91. The second-order valence-electron chi connectivity index (χ2n) is 13.1. The summed E-state index contributed by atoms with van der Waals surface area (Å²) in [5.41, 5.74) is 0. The summed E-state index contributed by atoms with van der Waals surface area (Å²) in [5.74, 6) is 0. The Labute approximate surface area is 256 Å². The van der Waals surface area contributed by atoms with Crippen LogP contribution in [0.5, 0.6) is 0 Å². The van der Waals surface area contributed by atoms with Crippen LogP contribution in [0.3, 0.4) is 0 Å². The Kier molecular flexibility index (Phi) is 40.6. The average molecular weight is 572 g/mol. The summed E-state index contributed by atoms with van der Waals surface area (Å²) in [6.45, 7) is 7.42. The maximum atomic E-state index is 2.43. The molecule has 39 heavy (non-hydrogen) atoms. The Balaban J connectivity index is 0. The van der Waals surface area contributed by atoms with E-state index in [-0.39, 0.29) is 12.4 Å². The largest absolute Gasteiger partial charge is 1.00 e. The van der Waals surface area contributed by atoms with Crippen LogP contribution < -0.4 is 17.3 Å². The van der Waals surface area contributed by atoms with Crippen molar-refractivity contribution in [3.05, 3.63) is 0 Å². The molecule has 2 heteroatoms. The molecule has 0 aliphatic rings. The summed E-state index contributed by atoms with van der Waals surface area (Å²) < 4.78 is 0. The van der Waals surface area contributed by atoms with Crippen molar-refractivity contribution in [2.75, 3.05) is 20.1 Å². The first kappa shape index (κ1) is 41.4. The predicted molar refractivity (Wildman–Crippen MR) is 176 cm³/mol. The second-order valence-corrected chi connectivity index (χ2v) is 13.1. The summed E-state index contributed by atoms with van der Waals surface area (Å²) in [4.78, 5) is 1.78. The summed E-state index contributed by atoms with van der Waals surface area (Å²) in [6.07, 6.45) is 47.0. The van der Waals surface area contributed by atoms with Crippen molar-refractivity contribution in [1.29, 1.82) is 0 Å². The molecule has 0 amide bonds. The monoisotopic (exact) mass is 572 g/mol. The first-order valence-corrected chi connectivity index (χ1v) is 18.6. The van der Waals surface area contributed by atoms with Crippen molar-refractivity contribution >= 4 is 0 Å². The van der Waals surface area contributed by atoms with Gasteiger partial charge in [0.1, 0.15) is 0 Å². The number of hydrogen-bond acceptors (Lipinski definition) is 0. The number of unbranched alkanes of at least 4 members (excludes halogenated alkanes) is 30. The molecule has 0 bridgehead atoms. The van der Waals surface area contributed by atoms with E-state index in [1.54, 1.807) is 4.90 Å². The molecule has 238 valence electrons. The number of hydrogen-bond donors (Lipinski definition) is 1. The Morgan fingerprint density at radius 3 is 0.590 bits per heavy atom. The molecular weight excluding hydrogens is 494 g/mol. The summed E-state index contributed by atoms with van der Waals surface area (Å²) in [5, 5.41) is 0. The highest BCUT2D eigenvalue weighted by Gasteiger charge is 2.02. The smallest absolute Gasteiger partial charge is 0.0768 e. The first-order chi connectivity index (χ1) is 18.8. The third-order valence-corrected chi connectivity index (χ3v) is 8.91. The molecular formula is C37H78ClN. The van der Waals surface area contributed by atoms with Crippen LogP contribution in [0.2, 0.25) is 0 Å². The second kappa shape index (κ2) is 38.2. The van der Waals surface area contributed by atoms with E-state index in [0.717, 1.165) is 0 Å². The van der Waals surface area contributed by atoms with Crippen molar-refractivity contribution < 1.29 is 17.3 Å². The minimum atomic E-state index is 0.